The lowest BCUT2D eigenvalue weighted by atomic mass is 10.0. The topological polar surface area (TPSA) is 54.5 Å². The molecule has 0 aromatic heterocycles. The molecule has 3 rings (SSSR count). The Hall–Kier alpha value is -1.36. The first kappa shape index (κ1) is 16.5. The van der Waals surface area contributed by atoms with Crippen LogP contribution in [-0.4, -0.2) is 37.6 Å². The van der Waals surface area contributed by atoms with Gasteiger partial charge in [0.1, 0.15) is 0 Å². The lowest BCUT2D eigenvalue weighted by molar-refractivity contribution is -0.132. The van der Waals surface area contributed by atoms with Gasteiger partial charge < -0.3 is 4.90 Å². The van der Waals surface area contributed by atoms with Gasteiger partial charge in [-0.05, 0) is 43.7 Å². The number of hydrogen-bond acceptors (Lipinski definition) is 3. The zero-order chi connectivity index (χ0) is 16.3. The largest absolute Gasteiger partial charge is 0.339 e. The summed E-state index contributed by atoms with van der Waals surface area (Å²) >= 11 is 0. The van der Waals surface area contributed by atoms with E-state index in [0.717, 1.165) is 25.7 Å². The number of sulfone groups is 1. The molecule has 0 bridgehead atoms. The van der Waals surface area contributed by atoms with E-state index < -0.39 is 9.84 Å². The van der Waals surface area contributed by atoms with E-state index in [4.69, 9.17) is 0 Å². The molecule has 0 radical (unpaired) electrons. The number of carbonyl (C=O) groups excluding carboxylic acids is 1. The van der Waals surface area contributed by atoms with Crippen molar-refractivity contribution in [3.63, 3.8) is 0 Å². The summed E-state index contributed by atoms with van der Waals surface area (Å²) in [6, 6.07) is 8.40. The van der Waals surface area contributed by atoms with Crippen molar-refractivity contribution >= 4 is 15.7 Å². The van der Waals surface area contributed by atoms with E-state index in [1.165, 1.54) is 12.8 Å². The molecule has 1 saturated heterocycles. The highest BCUT2D eigenvalue weighted by Crippen LogP contribution is 2.30. The quantitative estimate of drug-likeness (QED) is 0.831. The van der Waals surface area contributed by atoms with E-state index in [9.17, 15) is 13.2 Å². The number of carbonyl (C=O) groups is 1. The summed E-state index contributed by atoms with van der Waals surface area (Å²) in [5, 5.41) is 0. The van der Waals surface area contributed by atoms with E-state index in [0.29, 0.717) is 23.8 Å². The summed E-state index contributed by atoms with van der Waals surface area (Å²) in [5.41, 5.74) is 0. The minimum atomic E-state index is -3.33. The molecule has 0 spiro atoms. The normalized spacial score (nSPS) is 22.6. The van der Waals surface area contributed by atoms with E-state index >= 15 is 0 Å². The zero-order valence-corrected chi connectivity index (χ0v) is 14.3. The third-order valence-corrected chi connectivity index (χ3v) is 6.96. The molecule has 1 amide bonds. The van der Waals surface area contributed by atoms with Crippen molar-refractivity contribution < 1.29 is 13.2 Å². The lowest BCUT2D eigenvalue weighted by Crippen LogP contribution is -2.40. The Bertz CT molecular complexity index is 635. The second kappa shape index (κ2) is 7.04. The van der Waals surface area contributed by atoms with Gasteiger partial charge in [-0.3, -0.25) is 4.79 Å². The molecule has 4 nitrogen and oxygen atoms in total. The van der Waals surface area contributed by atoms with E-state index in [2.05, 4.69) is 0 Å². The van der Waals surface area contributed by atoms with Crippen molar-refractivity contribution in [1.82, 2.24) is 4.90 Å². The van der Waals surface area contributed by atoms with Gasteiger partial charge >= 0.3 is 0 Å². The molecule has 1 aliphatic carbocycles. The average Bonchev–Trinajstić information content (AvgIpc) is 3.19. The Kier molecular flexibility index (Phi) is 5.05. The van der Waals surface area contributed by atoms with Crippen molar-refractivity contribution in [1.29, 1.82) is 0 Å². The first-order chi connectivity index (χ1) is 11.1. The van der Waals surface area contributed by atoms with Crippen LogP contribution in [0.3, 0.4) is 0 Å². The molecule has 0 N–H and O–H groups in total. The van der Waals surface area contributed by atoms with Crippen LogP contribution in [0.5, 0.6) is 0 Å². The van der Waals surface area contributed by atoms with Crippen molar-refractivity contribution in [2.45, 2.75) is 55.9 Å². The van der Waals surface area contributed by atoms with Crippen LogP contribution in [0.1, 0.15) is 44.9 Å². The number of hydrogen-bond donors (Lipinski definition) is 0. The first-order valence-corrected chi connectivity index (χ1v) is 10.3. The summed E-state index contributed by atoms with van der Waals surface area (Å²) < 4.78 is 25.1. The molecule has 1 unspecified atom stereocenters. The average molecular weight is 335 g/mol. The van der Waals surface area contributed by atoms with Gasteiger partial charge in [0.15, 0.2) is 9.84 Å². The van der Waals surface area contributed by atoms with E-state index in [1.54, 1.807) is 24.3 Å². The fraction of sp³-hybridized carbons (Fsp3) is 0.611. The molecular formula is C18H25NO3S. The Morgan fingerprint density at radius 3 is 2.43 bits per heavy atom. The summed E-state index contributed by atoms with van der Waals surface area (Å²) in [4.78, 5) is 14.8. The molecule has 2 aliphatic rings. The fourth-order valence-corrected chi connectivity index (χ4v) is 5.51. The highest BCUT2D eigenvalue weighted by Gasteiger charge is 2.34. The van der Waals surface area contributed by atoms with Crippen LogP contribution >= 0.6 is 0 Å². The number of likely N-dealkylation sites (tertiary alicyclic amines) is 1. The molecule has 1 saturated carbocycles. The van der Waals surface area contributed by atoms with Crippen LogP contribution in [0.15, 0.2) is 35.2 Å². The lowest BCUT2D eigenvalue weighted by Gasteiger charge is -2.26. The molecule has 23 heavy (non-hydrogen) atoms. The van der Waals surface area contributed by atoms with Crippen molar-refractivity contribution in [3.8, 4) is 0 Å². The third kappa shape index (κ3) is 3.94. The maximum atomic E-state index is 12.6. The van der Waals surface area contributed by atoms with Crippen molar-refractivity contribution in [2.75, 3.05) is 12.3 Å². The smallest absolute Gasteiger partial charge is 0.223 e. The number of amides is 1. The Balaban J connectivity index is 1.65. The molecule has 1 aliphatic heterocycles. The minimum Gasteiger partial charge on any atom is -0.339 e. The predicted molar refractivity (Wildman–Crippen MR) is 89.8 cm³/mol. The molecular weight excluding hydrogens is 310 g/mol. The van der Waals surface area contributed by atoms with Gasteiger partial charge in [-0.2, -0.15) is 0 Å². The third-order valence-electron chi connectivity index (χ3n) is 5.15. The van der Waals surface area contributed by atoms with Crippen LogP contribution in [0.25, 0.3) is 0 Å². The second-order valence-corrected chi connectivity index (χ2v) is 8.87. The highest BCUT2D eigenvalue weighted by atomic mass is 32.2. The molecule has 2 fully saturated rings. The van der Waals surface area contributed by atoms with Crippen LogP contribution in [0, 0.1) is 5.92 Å². The predicted octanol–water partition coefficient (Wildman–Crippen LogP) is 3.03. The molecule has 1 aromatic carbocycles. The molecule has 5 heteroatoms. The summed E-state index contributed by atoms with van der Waals surface area (Å²) in [7, 11) is -3.33. The van der Waals surface area contributed by atoms with Gasteiger partial charge in [-0.25, -0.2) is 8.42 Å². The Morgan fingerprint density at radius 1 is 1.04 bits per heavy atom. The van der Waals surface area contributed by atoms with Gasteiger partial charge in [0.05, 0.1) is 10.6 Å². The highest BCUT2D eigenvalue weighted by molar-refractivity contribution is 7.91. The Morgan fingerprint density at radius 2 is 1.74 bits per heavy atom. The summed E-state index contributed by atoms with van der Waals surface area (Å²) in [6.45, 7) is 0.709. The minimum absolute atomic E-state index is 0.0490. The van der Waals surface area contributed by atoms with Crippen LogP contribution < -0.4 is 0 Å². The van der Waals surface area contributed by atoms with Crippen LogP contribution in [0.4, 0.5) is 0 Å². The summed E-state index contributed by atoms with van der Waals surface area (Å²) in [5.74, 6) is 0.713. The van der Waals surface area contributed by atoms with Crippen molar-refractivity contribution in [3.05, 3.63) is 30.3 Å². The van der Waals surface area contributed by atoms with Crippen LogP contribution in [-0.2, 0) is 14.6 Å². The van der Waals surface area contributed by atoms with Crippen molar-refractivity contribution in [2.24, 2.45) is 5.92 Å². The monoisotopic (exact) mass is 335 g/mol. The summed E-state index contributed by atoms with van der Waals surface area (Å²) in [6.07, 6.45) is 7.04. The van der Waals surface area contributed by atoms with Gasteiger partial charge in [0.2, 0.25) is 5.91 Å². The van der Waals surface area contributed by atoms with Gasteiger partial charge in [0, 0.05) is 19.0 Å². The number of benzene rings is 1. The van der Waals surface area contributed by atoms with Gasteiger partial charge in [-0.15, -0.1) is 0 Å². The fourth-order valence-electron chi connectivity index (χ4n) is 3.89. The van der Waals surface area contributed by atoms with Gasteiger partial charge in [0.25, 0.3) is 0 Å². The maximum Gasteiger partial charge on any atom is 0.223 e. The standard InChI is InChI=1S/C18H25NO3S/c20-18(13-15-7-4-5-8-15)19-12-6-9-16(19)14-23(21,22)17-10-2-1-3-11-17/h1-3,10-11,15-16H,4-9,12-14H2. The Labute approximate surface area is 138 Å². The molecule has 126 valence electrons. The molecule has 1 aromatic rings. The van der Waals surface area contributed by atoms with E-state index in [1.807, 2.05) is 11.0 Å². The maximum absolute atomic E-state index is 12.6. The van der Waals surface area contributed by atoms with Crippen LogP contribution in [0.2, 0.25) is 0 Å². The van der Waals surface area contributed by atoms with Gasteiger partial charge in [-0.1, -0.05) is 31.0 Å². The number of rotatable bonds is 5. The number of nitrogens with zero attached hydrogens (tertiary/aromatic N) is 1. The SMILES string of the molecule is O=C(CC1CCCC1)N1CCCC1CS(=O)(=O)c1ccccc1. The zero-order valence-electron chi connectivity index (χ0n) is 13.5. The molecule has 1 heterocycles. The first-order valence-electron chi connectivity index (χ1n) is 8.63. The second-order valence-electron chi connectivity index (χ2n) is 6.83. The van der Waals surface area contributed by atoms with E-state index in [-0.39, 0.29) is 17.7 Å². The molecule has 1 atom stereocenters.